The van der Waals surface area contributed by atoms with Crippen LogP contribution >= 0.6 is 0 Å². The first-order valence-electron chi connectivity index (χ1n) is 10.6. The first-order valence-corrected chi connectivity index (χ1v) is 10.6. The van der Waals surface area contributed by atoms with Gasteiger partial charge >= 0.3 is 0 Å². The number of likely N-dealkylation sites (N-methyl/N-ethyl adjacent to an activating group) is 1. The first-order chi connectivity index (χ1) is 13.5. The van der Waals surface area contributed by atoms with Crippen LogP contribution in [-0.2, 0) is 4.74 Å². The van der Waals surface area contributed by atoms with E-state index in [1.54, 1.807) is 0 Å². The van der Waals surface area contributed by atoms with Gasteiger partial charge < -0.3 is 20.3 Å². The molecule has 1 heterocycles. The summed E-state index contributed by atoms with van der Waals surface area (Å²) in [5.41, 5.74) is 1.31. The molecule has 0 aromatic heterocycles. The van der Waals surface area contributed by atoms with Crippen LogP contribution in [0.25, 0.3) is 0 Å². The molecule has 158 valence electrons. The van der Waals surface area contributed by atoms with Crippen LogP contribution in [0.1, 0.15) is 32.4 Å². The number of hydrogen-bond acceptors (Lipinski definition) is 4. The highest BCUT2D eigenvalue weighted by Gasteiger charge is 2.23. The third kappa shape index (κ3) is 7.08. The predicted molar refractivity (Wildman–Crippen MR) is 118 cm³/mol. The number of nitrogens with zero attached hydrogens (tertiary/aromatic N) is 3. The molecule has 0 radical (unpaired) electrons. The molecular weight excluding hydrogens is 350 g/mol. The van der Waals surface area contributed by atoms with Crippen LogP contribution < -0.4 is 10.6 Å². The van der Waals surface area contributed by atoms with Crippen molar-refractivity contribution in [1.82, 2.24) is 20.4 Å². The quantitative estimate of drug-likeness (QED) is 0.501. The van der Waals surface area contributed by atoms with Gasteiger partial charge in [-0.15, -0.1) is 0 Å². The fraction of sp³-hybridized carbons (Fsp3) is 0.682. The molecule has 0 saturated carbocycles. The molecule has 1 saturated heterocycles. The molecule has 1 aromatic rings. The summed E-state index contributed by atoms with van der Waals surface area (Å²) in [4.78, 5) is 9.70. The van der Waals surface area contributed by atoms with E-state index < -0.39 is 0 Å². The van der Waals surface area contributed by atoms with Crippen molar-refractivity contribution >= 4 is 5.96 Å². The van der Waals surface area contributed by atoms with E-state index in [4.69, 9.17) is 9.73 Å². The monoisotopic (exact) mass is 389 g/mol. The van der Waals surface area contributed by atoms with E-state index in [1.165, 1.54) is 5.56 Å². The fourth-order valence-corrected chi connectivity index (χ4v) is 3.65. The van der Waals surface area contributed by atoms with Gasteiger partial charge in [0.15, 0.2) is 5.96 Å². The van der Waals surface area contributed by atoms with Crippen LogP contribution in [0.3, 0.4) is 0 Å². The molecule has 2 rings (SSSR count). The maximum atomic E-state index is 5.52. The lowest BCUT2D eigenvalue weighted by Gasteiger charge is -2.36. The molecule has 1 aliphatic heterocycles. The van der Waals surface area contributed by atoms with Gasteiger partial charge in [0.2, 0.25) is 0 Å². The number of ether oxygens (including phenoxy) is 1. The van der Waals surface area contributed by atoms with Gasteiger partial charge in [-0.05, 0) is 32.5 Å². The van der Waals surface area contributed by atoms with E-state index >= 15 is 0 Å². The Morgan fingerprint density at radius 2 is 1.82 bits per heavy atom. The Kier molecular flexibility index (Phi) is 9.75. The smallest absolute Gasteiger partial charge is 0.191 e. The Balaban J connectivity index is 2.01. The lowest BCUT2D eigenvalue weighted by Crippen LogP contribution is -2.48. The average molecular weight is 390 g/mol. The largest absolute Gasteiger partial charge is 0.379 e. The SMILES string of the molecule is CCNC(=NCC(C(C)C)N1CCOCC1)NCC(c1ccccc1)N(C)C. The normalized spacial score (nSPS) is 18.3. The van der Waals surface area contributed by atoms with Crippen molar-refractivity contribution in [3.05, 3.63) is 35.9 Å². The molecule has 28 heavy (non-hydrogen) atoms. The molecule has 0 spiro atoms. The Morgan fingerprint density at radius 1 is 1.14 bits per heavy atom. The predicted octanol–water partition coefficient (Wildman–Crippen LogP) is 2.20. The summed E-state index contributed by atoms with van der Waals surface area (Å²) in [5.74, 6) is 1.45. The molecule has 0 bridgehead atoms. The van der Waals surface area contributed by atoms with E-state index in [0.29, 0.717) is 18.0 Å². The molecule has 2 N–H and O–H groups in total. The molecular formula is C22H39N5O. The van der Waals surface area contributed by atoms with Gasteiger partial charge in [-0.2, -0.15) is 0 Å². The first kappa shape index (κ1) is 22.7. The zero-order chi connectivity index (χ0) is 20.4. The molecule has 2 atom stereocenters. The number of aliphatic imine (C=N–C) groups is 1. The number of nitrogens with one attached hydrogen (secondary N) is 2. The van der Waals surface area contributed by atoms with Gasteiger partial charge in [-0.3, -0.25) is 9.89 Å². The van der Waals surface area contributed by atoms with Crippen molar-refractivity contribution in [3.8, 4) is 0 Å². The summed E-state index contributed by atoms with van der Waals surface area (Å²) in [6, 6.07) is 11.4. The van der Waals surface area contributed by atoms with Gasteiger partial charge in [-0.1, -0.05) is 44.2 Å². The second-order valence-electron chi connectivity index (χ2n) is 7.95. The number of hydrogen-bond donors (Lipinski definition) is 2. The third-order valence-electron chi connectivity index (χ3n) is 5.34. The Morgan fingerprint density at radius 3 is 2.39 bits per heavy atom. The van der Waals surface area contributed by atoms with Crippen LogP contribution in [-0.4, -0.2) is 81.8 Å². The average Bonchev–Trinajstić information content (AvgIpc) is 2.69. The molecule has 2 unspecified atom stereocenters. The Hall–Kier alpha value is -1.63. The van der Waals surface area contributed by atoms with Crippen molar-refractivity contribution in [2.45, 2.75) is 32.9 Å². The van der Waals surface area contributed by atoms with E-state index in [9.17, 15) is 0 Å². The number of benzene rings is 1. The second-order valence-corrected chi connectivity index (χ2v) is 7.95. The molecule has 1 aliphatic rings. The molecule has 1 aromatic carbocycles. The molecule has 0 amide bonds. The van der Waals surface area contributed by atoms with Gasteiger partial charge in [0.05, 0.1) is 25.8 Å². The molecule has 0 aliphatic carbocycles. The summed E-state index contributed by atoms with van der Waals surface area (Å²) >= 11 is 0. The molecule has 6 nitrogen and oxygen atoms in total. The van der Waals surface area contributed by atoms with Crippen molar-refractivity contribution < 1.29 is 4.74 Å². The van der Waals surface area contributed by atoms with E-state index in [0.717, 1.165) is 51.9 Å². The summed E-state index contributed by atoms with van der Waals surface area (Å²) in [6.07, 6.45) is 0. The van der Waals surface area contributed by atoms with Crippen LogP contribution in [0, 0.1) is 5.92 Å². The minimum Gasteiger partial charge on any atom is -0.379 e. The summed E-state index contributed by atoms with van der Waals surface area (Å²) in [6.45, 7) is 12.8. The standard InChI is InChI=1S/C22H39N5O/c1-6-23-22(24-16-20(18(2)3)27-12-14-28-15-13-27)25-17-21(26(4)5)19-10-8-7-9-11-19/h7-11,18,20-21H,6,12-17H2,1-5H3,(H2,23,24,25). The lowest BCUT2D eigenvalue weighted by molar-refractivity contribution is 0.00867. The Labute approximate surface area is 171 Å². The van der Waals surface area contributed by atoms with Crippen molar-refractivity contribution in [2.75, 3.05) is 60.0 Å². The van der Waals surface area contributed by atoms with Crippen LogP contribution in [0.5, 0.6) is 0 Å². The van der Waals surface area contributed by atoms with E-state index in [2.05, 4.69) is 85.6 Å². The zero-order valence-electron chi connectivity index (χ0n) is 18.3. The van der Waals surface area contributed by atoms with Gasteiger partial charge in [-0.25, -0.2) is 0 Å². The van der Waals surface area contributed by atoms with Crippen LogP contribution in [0.2, 0.25) is 0 Å². The molecule has 1 fully saturated rings. The Bertz CT molecular complexity index is 570. The highest BCUT2D eigenvalue weighted by atomic mass is 16.5. The number of rotatable bonds is 9. The highest BCUT2D eigenvalue weighted by Crippen LogP contribution is 2.17. The van der Waals surface area contributed by atoms with Crippen LogP contribution in [0.4, 0.5) is 0 Å². The fourth-order valence-electron chi connectivity index (χ4n) is 3.65. The zero-order valence-corrected chi connectivity index (χ0v) is 18.3. The van der Waals surface area contributed by atoms with Gasteiger partial charge in [0.25, 0.3) is 0 Å². The second kappa shape index (κ2) is 12.0. The van der Waals surface area contributed by atoms with Crippen molar-refractivity contribution in [2.24, 2.45) is 10.9 Å². The third-order valence-corrected chi connectivity index (χ3v) is 5.34. The summed E-state index contributed by atoms with van der Waals surface area (Å²) in [5, 5.41) is 6.95. The maximum Gasteiger partial charge on any atom is 0.191 e. The van der Waals surface area contributed by atoms with Gasteiger partial charge in [0, 0.05) is 32.2 Å². The van der Waals surface area contributed by atoms with E-state index in [1.807, 2.05) is 0 Å². The minimum absolute atomic E-state index is 0.296. The number of guanidine groups is 1. The van der Waals surface area contributed by atoms with Crippen LogP contribution in [0.15, 0.2) is 35.3 Å². The van der Waals surface area contributed by atoms with E-state index in [-0.39, 0.29) is 0 Å². The minimum atomic E-state index is 0.296. The topological polar surface area (TPSA) is 52.1 Å². The number of morpholine rings is 1. The molecule has 6 heteroatoms. The summed E-state index contributed by atoms with van der Waals surface area (Å²) < 4.78 is 5.52. The summed E-state index contributed by atoms with van der Waals surface area (Å²) in [7, 11) is 4.24. The lowest BCUT2D eigenvalue weighted by atomic mass is 10.0. The maximum absolute atomic E-state index is 5.52. The van der Waals surface area contributed by atoms with Crippen molar-refractivity contribution in [3.63, 3.8) is 0 Å². The van der Waals surface area contributed by atoms with Crippen molar-refractivity contribution in [1.29, 1.82) is 0 Å². The highest BCUT2D eigenvalue weighted by molar-refractivity contribution is 5.79. The van der Waals surface area contributed by atoms with Gasteiger partial charge in [0.1, 0.15) is 0 Å².